The molecule has 4 heteroatoms. The van der Waals surface area contributed by atoms with Crippen LogP contribution in [-0.2, 0) is 0 Å². The summed E-state index contributed by atoms with van der Waals surface area (Å²) in [6, 6.07) is 40.7. The number of para-hydroxylation sites is 4. The van der Waals surface area contributed by atoms with E-state index in [-0.39, 0.29) is 0 Å². The van der Waals surface area contributed by atoms with Crippen LogP contribution in [0.2, 0.25) is 0 Å². The monoisotopic (exact) mass is 448 g/mol. The fourth-order valence-electron chi connectivity index (χ4n) is 5.45. The maximum atomic E-state index is 5.02. The van der Waals surface area contributed by atoms with E-state index in [4.69, 9.17) is 4.98 Å². The third-order valence-electron chi connectivity index (χ3n) is 7.05. The Bertz CT molecular complexity index is 2050. The Hall–Kier alpha value is -4.83. The third-order valence-corrected chi connectivity index (χ3v) is 7.05. The molecule has 1 N–H and O–H groups in total. The summed E-state index contributed by atoms with van der Waals surface area (Å²) in [5, 5.41) is 2.51. The van der Waals surface area contributed by atoms with Crippen LogP contribution in [0.5, 0.6) is 0 Å². The van der Waals surface area contributed by atoms with E-state index >= 15 is 0 Å². The largest absolute Gasteiger partial charge is 0.354 e. The number of aromatic amines is 1. The molecule has 0 saturated heterocycles. The SMILES string of the molecule is c1ccc(-n2c3ccc(-c4ccc5c(c4)[nH]c4ccccc45)cc3n3c4ccccc4nc23)cc1. The van der Waals surface area contributed by atoms with Gasteiger partial charge in [-0.1, -0.05) is 66.7 Å². The molecule has 0 atom stereocenters. The molecule has 3 aromatic heterocycles. The van der Waals surface area contributed by atoms with Crippen molar-refractivity contribution in [3.63, 3.8) is 0 Å². The Morgan fingerprint density at radius 2 is 1.29 bits per heavy atom. The number of aromatic nitrogens is 4. The topological polar surface area (TPSA) is 38.0 Å². The van der Waals surface area contributed by atoms with Gasteiger partial charge in [0.2, 0.25) is 5.78 Å². The summed E-state index contributed by atoms with van der Waals surface area (Å²) in [5.74, 6) is 0.926. The molecular weight excluding hydrogens is 428 g/mol. The first-order valence-corrected chi connectivity index (χ1v) is 11.8. The molecule has 0 saturated carbocycles. The van der Waals surface area contributed by atoms with Gasteiger partial charge in [-0.05, 0) is 59.7 Å². The van der Waals surface area contributed by atoms with Gasteiger partial charge in [0.25, 0.3) is 0 Å². The molecule has 8 rings (SSSR count). The van der Waals surface area contributed by atoms with Gasteiger partial charge in [0.05, 0.1) is 22.1 Å². The number of imidazole rings is 2. The Balaban J connectivity index is 1.42. The molecule has 0 radical (unpaired) electrons. The van der Waals surface area contributed by atoms with Gasteiger partial charge in [-0.15, -0.1) is 0 Å². The van der Waals surface area contributed by atoms with Crippen LogP contribution in [0.3, 0.4) is 0 Å². The molecule has 0 bridgehead atoms. The van der Waals surface area contributed by atoms with E-state index in [9.17, 15) is 0 Å². The lowest BCUT2D eigenvalue weighted by atomic mass is 10.0. The van der Waals surface area contributed by atoms with Crippen LogP contribution in [0.1, 0.15) is 0 Å². The molecule has 164 valence electrons. The van der Waals surface area contributed by atoms with Gasteiger partial charge in [-0.25, -0.2) is 4.98 Å². The third kappa shape index (κ3) is 2.59. The second kappa shape index (κ2) is 6.84. The quantitative estimate of drug-likeness (QED) is 0.289. The smallest absolute Gasteiger partial charge is 0.220 e. The fraction of sp³-hybridized carbons (Fsp3) is 0. The van der Waals surface area contributed by atoms with Gasteiger partial charge < -0.3 is 4.98 Å². The molecule has 5 aromatic carbocycles. The first-order valence-electron chi connectivity index (χ1n) is 11.8. The lowest BCUT2D eigenvalue weighted by Gasteiger charge is -2.06. The van der Waals surface area contributed by atoms with Crippen molar-refractivity contribution < 1.29 is 0 Å². The van der Waals surface area contributed by atoms with Crippen molar-refractivity contribution in [2.75, 3.05) is 0 Å². The van der Waals surface area contributed by atoms with Gasteiger partial charge in [0.15, 0.2) is 0 Å². The maximum absolute atomic E-state index is 5.02. The second-order valence-electron chi connectivity index (χ2n) is 9.04. The normalized spacial score (nSPS) is 12.0. The zero-order chi connectivity index (χ0) is 22.9. The summed E-state index contributed by atoms with van der Waals surface area (Å²) >= 11 is 0. The standard InChI is InChI=1S/C31H20N4/c1-2-8-22(9-3-1)34-29-17-15-21(19-30(29)35-28-13-7-6-12-26(28)33-31(34)35)20-14-16-24-23-10-4-5-11-25(23)32-27(24)18-20/h1-19,32H. The highest BCUT2D eigenvalue weighted by atomic mass is 15.2. The predicted octanol–water partition coefficient (Wildman–Crippen LogP) is 7.73. The van der Waals surface area contributed by atoms with Gasteiger partial charge in [-0.2, -0.15) is 0 Å². The Kier molecular flexibility index (Phi) is 3.63. The highest BCUT2D eigenvalue weighted by Crippen LogP contribution is 2.34. The molecule has 0 aliphatic heterocycles. The fourth-order valence-corrected chi connectivity index (χ4v) is 5.45. The molecule has 3 heterocycles. The van der Waals surface area contributed by atoms with E-state index in [0.29, 0.717) is 0 Å². The van der Waals surface area contributed by atoms with E-state index in [1.807, 2.05) is 12.1 Å². The molecule has 0 fully saturated rings. The molecule has 0 spiro atoms. The van der Waals surface area contributed by atoms with Gasteiger partial charge in [0.1, 0.15) is 0 Å². The average Bonchev–Trinajstić information content (AvgIpc) is 3.56. The number of nitrogens with one attached hydrogen (secondary N) is 1. The van der Waals surface area contributed by atoms with Crippen LogP contribution in [0.25, 0.3) is 66.5 Å². The highest BCUT2D eigenvalue weighted by Gasteiger charge is 2.17. The van der Waals surface area contributed by atoms with E-state index in [1.165, 1.54) is 27.4 Å². The van der Waals surface area contributed by atoms with Crippen molar-refractivity contribution in [3.05, 3.63) is 115 Å². The van der Waals surface area contributed by atoms with Crippen molar-refractivity contribution in [2.45, 2.75) is 0 Å². The number of hydrogen-bond acceptors (Lipinski definition) is 1. The Morgan fingerprint density at radius 1 is 0.543 bits per heavy atom. The predicted molar refractivity (Wildman–Crippen MR) is 144 cm³/mol. The van der Waals surface area contributed by atoms with Crippen molar-refractivity contribution in [1.82, 2.24) is 18.9 Å². The second-order valence-corrected chi connectivity index (χ2v) is 9.04. The number of hydrogen-bond donors (Lipinski definition) is 1. The number of fused-ring (bicyclic) bond motifs is 8. The van der Waals surface area contributed by atoms with Crippen LogP contribution in [0.4, 0.5) is 0 Å². The number of nitrogens with zero attached hydrogens (tertiary/aromatic N) is 3. The van der Waals surface area contributed by atoms with E-state index < -0.39 is 0 Å². The molecule has 0 amide bonds. The lowest BCUT2D eigenvalue weighted by Crippen LogP contribution is -1.94. The van der Waals surface area contributed by atoms with Crippen molar-refractivity contribution in [1.29, 1.82) is 0 Å². The summed E-state index contributed by atoms with van der Waals surface area (Å²) in [6.07, 6.45) is 0. The molecule has 0 aliphatic carbocycles. The first-order chi connectivity index (χ1) is 17.3. The van der Waals surface area contributed by atoms with Gasteiger partial charge in [0, 0.05) is 27.5 Å². The minimum atomic E-state index is 0.926. The first kappa shape index (κ1) is 18.6. The summed E-state index contributed by atoms with van der Waals surface area (Å²) in [4.78, 5) is 8.60. The number of benzene rings is 5. The molecule has 35 heavy (non-hydrogen) atoms. The molecule has 0 aliphatic rings. The van der Waals surface area contributed by atoms with Crippen LogP contribution < -0.4 is 0 Å². The molecular formula is C31H20N4. The molecule has 8 aromatic rings. The minimum Gasteiger partial charge on any atom is -0.354 e. The highest BCUT2D eigenvalue weighted by molar-refractivity contribution is 6.08. The molecule has 0 unspecified atom stereocenters. The van der Waals surface area contributed by atoms with E-state index in [2.05, 4.69) is 117 Å². The van der Waals surface area contributed by atoms with Gasteiger partial charge >= 0.3 is 0 Å². The summed E-state index contributed by atoms with van der Waals surface area (Å²) in [7, 11) is 0. The van der Waals surface area contributed by atoms with Crippen molar-refractivity contribution >= 4 is 49.7 Å². The van der Waals surface area contributed by atoms with Crippen molar-refractivity contribution in [2.24, 2.45) is 0 Å². The van der Waals surface area contributed by atoms with Crippen LogP contribution in [0.15, 0.2) is 115 Å². The zero-order valence-electron chi connectivity index (χ0n) is 18.8. The average molecular weight is 449 g/mol. The van der Waals surface area contributed by atoms with Crippen LogP contribution in [0, 0.1) is 0 Å². The summed E-state index contributed by atoms with van der Waals surface area (Å²) in [5.41, 5.74) is 10.2. The molecule has 4 nitrogen and oxygen atoms in total. The summed E-state index contributed by atoms with van der Waals surface area (Å²) in [6.45, 7) is 0. The zero-order valence-corrected chi connectivity index (χ0v) is 18.8. The van der Waals surface area contributed by atoms with Gasteiger partial charge in [-0.3, -0.25) is 8.97 Å². The Morgan fingerprint density at radius 3 is 2.23 bits per heavy atom. The number of rotatable bonds is 2. The minimum absolute atomic E-state index is 0.926. The number of H-pyrrole nitrogens is 1. The van der Waals surface area contributed by atoms with Crippen molar-refractivity contribution in [3.8, 4) is 16.8 Å². The van der Waals surface area contributed by atoms with Crippen LogP contribution in [-0.4, -0.2) is 18.9 Å². The van der Waals surface area contributed by atoms with Crippen LogP contribution >= 0.6 is 0 Å². The van der Waals surface area contributed by atoms with E-state index in [0.717, 1.165) is 39.0 Å². The summed E-state index contributed by atoms with van der Waals surface area (Å²) < 4.78 is 4.53. The lowest BCUT2D eigenvalue weighted by molar-refractivity contribution is 1.11. The maximum Gasteiger partial charge on any atom is 0.220 e. The van der Waals surface area contributed by atoms with E-state index in [1.54, 1.807) is 0 Å². The Labute approximate surface area is 200 Å².